The Morgan fingerprint density at radius 1 is 1.14 bits per heavy atom. The lowest BCUT2D eigenvalue weighted by Crippen LogP contribution is -2.28. The van der Waals surface area contributed by atoms with E-state index in [0.717, 1.165) is 17.6 Å². The van der Waals surface area contributed by atoms with Crippen molar-refractivity contribution in [1.29, 1.82) is 0 Å². The fourth-order valence-corrected chi connectivity index (χ4v) is 1.82. The predicted molar refractivity (Wildman–Crippen MR) is 82.2 cm³/mol. The van der Waals surface area contributed by atoms with Crippen LogP contribution in [-0.4, -0.2) is 25.9 Å². The van der Waals surface area contributed by atoms with Gasteiger partial charge in [-0.3, -0.25) is 9.59 Å². The molecule has 0 radical (unpaired) electrons. The maximum absolute atomic E-state index is 11.7. The molecule has 0 saturated heterocycles. The van der Waals surface area contributed by atoms with E-state index in [2.05, 4.69) is 5.32 Å². The van der Waals surface area contributed by atoms with Gasteiger partial charge >= 0.3 is 0 Å². The Labute approximate surface area is 128 Å². The van der Waals surface area contributed by atoms with Gasteiger partial charge in [0.25, 0.3) is 5.91 Å². The zero-order chi connectivity index (χ0) is 15.8. The number of amides is 1. The van der Waals surface area contributed by atoms with E-state index in [-0.39, 0.29) is 12.5 Å². The molecule has 114 valence electrons. The van der Waals surface area contributed by atoms with E-state index in [4.69, 9.17) is 9.47 Å². The number of methoxy groups -OCH3 is 1. The molecule has 5 nitrogen and oxygen atoms in total. The molecule has 0 aliphatic heterocycles. The molecule has 0 aromatic heterocycles. The molecule has 22 heavy (non-hydrogen) atoms. The number of ether oxygens (including phenoxy) is 2. The summed E-state index contributed by atoms with van der Waals surface area (Å²) in [4.78, 5) is 22.4. The summed E-state index contributed by atoms with van der Waals surface area (Å²) in [7, 11) is 1.60. The van der Waals surface area contributed by atoms with Crippen LogP contribution >= 0.6 is 0 Å². The maximum Gasteiger partial charge on any atom is 0.258 e. The molecule has 2 aromatic rings. The van der Waals surface area contributed by atoms with E-state index in [1.54, 1.807) is 31.4 Å². The van der Waals surface area contributed by atoms with Gasteiger partial charge in [0.05, 0.1) is 7.11 Å². The smallest absolute Gasteiger partial charge is 0.258 e. The van der Waals surface area contributed by atoms with Gasteiger partial charge in [-0.15, -0.1) is 0 Å². The van der Waals surface area contributed by atoms with Crippen molar-refractivity contribution in [2.45, 2.75) is 6.54 Å². The van der Waals surface area contributed by atoms with Crippen LogP contribution in [0.25, 0.3) is 0 Å². The molecule has 0 unspecified atom stereocenters. The third-order valence-corrected chi connectivity index (χ3v) is 3.01. The Hall–Kier alpha value is -2.82. The zero-order valence-corrected chi connectivity index (χ0v) is 12.2. The minimum Gasteiger partial charge on any atom is -0.497 e. The number of rotatable bonds is 7. The van der Waals surface area contributed by atoms with Crippen molar-refractivity contribution in [3.05, 3.63) is 59.7 Å². The molecular formula is C17H17NO4. The first-order chi connectivity index (χ1) is 10.7. The lowest BCUT2D eigenvalue weighted by molar-refractivity contribution is -0.123. The molecule has 0 aliphatic rings. The second-order valence-corrected chi connectivity index (χ2v) is 4.60. The van der Waals surface area contributed by atoms with Crippen LogP contribution in [0.2, 0.25) is 0 Å². The van der Waals surface area contributed by atoms with Crippen molar-refractivity contribution in [2.24, 2.45) is 0 Å². The van der Waals surface area contributed by atoms with Gasteiger partial charge in [-0.25, -0.2) is 0 Å². The van der Waals surface area contributed by atoms with Crippen molar-refractivity contribution in [2.75, 3.05) is 13.7 Å². The van der Waals surface area contributed by atoms with Crippen LogP contribution in [-0.2, 0) is 11.3 Å². The number of nitrogens with one attached hydrogen (secondary N) is 1. The van der Waals surface area contributed by atoms with E-state index in [0.29, 0.717) is 17.9 Å². The van der Waals surface area contributed by atoms with E-state index in [1.165, 1.54) is 0 Å². The number of carbonyl (C=O) groups is 2. The first-order valence-corrected chi connectivity index (χ1v) is 6.79. The lowest BCUT2D eigenvalue weighted by Gasteiger charge is -2.08. The summed E-state index contributed by atoms with van der Waals surface area (Å²) in [6.07, 6.45) is 0.733. The number of benzene rings is 2. The van der Waals surface area contributed by atoms with Crippen molar-refractivity contribution >= 4 is 12.2 Å². The van der Waals surface area contributed by atoms with Gasteiger partial charge in [0.2, 0.25) is 0 Å². The molecule has 1 amide bonds. The van der Waals surface area contributed by atoms with Gasteiger partial charge in [-0.2, -0.15) is 0 Å². The average molecular weight is 299 g/mol. The highest BCUT2D eigenvalue weighted by Crippen LogP contribution is 2.12. The third-order valence-electron chi connectivity index (χ3n) is 3.01. The van der Waals surface area contributed by atoms with Crippen LogP contribution in [0.15, 0.2) is 48.5 Å². The maximum atomic E-state index is 11.7. The lowest BCUT2D eigenvalue weighted by atomic mass is 10.2. The van der Waals surface area contributed by atoms with Crippen LogP contribution in [0.5, 0.6) is 11.5 Å². The highest BCUT2D eigenvalue weighted by molar-refractivity contribution is 5.78. The monoisotopic (exact) mass is 299 g/mol. The second kappa shape index (κ2) is 7.83. The summed E-state index contributed by atoms with van der Waals surface area (Å²) >= 11 is 0. The topological polar surface area (TPSA) is 64.6 Å². The van der Waals surface area contributed by atoms with Gasteiger partial charge in [0, 0.05) is 12.1 Å². The molecule has 0 heterocycles. The highest BCUT2D eigenvalue weighted by Gasteiger charge is 2.03. The number of aldehydes is 1. The van der Waals surface area contributed by atoms with Crippen molar-refractivity contribution in [3.8, 4) is 11.5 Å². The van der Waals surface area contributed by atoms with E-state index >= 15 is 0 Å². The Bertz CT molecular complexity index is 637. The Kier molecular flexibility index (Phi) is 5.54. The minimum atomic E-state index is -0.229. The van der Waals surface area contributed by atoms with Gasteiger partial charge in [0.15, 0.2) is 6.61 Å². The normalized spacial score (nSPS) is 9.86. The molecule has 1 N–H and O–H groups in total. The summed E-state index contributed by atoms with van der Waals surface area (Å²) in [5.74, 6) is 1.03. The average Bonchev–Trinajstić information content (AvgIpc) is 2.58. The Morgan fingerprint density at radius 3 is 2.59 bits per heavy atom. The van der Waals surface area contributed by atoms with Crippen molar-refractivity contribution in [3.63, 3.8) is 0 Å². The fourth-order valence-electron chi connectivity index (χ4n) is 1.82. The van der Waals surface area contributed by atoms with Crippen LogP contribution < -0.4 is 14.8 Å². The van der Waals surface area contributed by atoms with Crippen molar-refractivity contribution < 1.29 is 19.1 Å². The molecule has 0 bridgehead atoms. The SMILES string of the molecule is COc1ccc(CNC(=O)COc2cccc(C=O)c2)cc1. The summed E-state index contributed by atoms with van der Waals surface area (Å²) in [6.45, 7) is 0.318. The minimum absolute atomic E-state index is 0.0987. The largest absolute Gasteiger partial charge is 0.497 e. The standard InChI is InChI=1S/C17H17NO4/c1-21-15-7-5-13(6-8-15)10-18-17(20)12-22-16-4-2-3-14(9-16)11-19/h2-9,11H,10,12H2,1H3,(H,18,20). The number of hydrogen-bond acceptors (Lipinski definition) is 4. The molecule has 0 atom stereocenters. The van der Waals surface area contributed by atoms with Gasteiger partial charge in [-0.05, 0) is 29.8 Å². The molecule has 0 saturated carbocycles. The van der Waals surface area contributed by atoms with E-state index in [1.807, 2.05) is 24.3 Å². The van der Waals surface area contributed by atoms with Crippen LogP contribution in [0.3, 0.4) is 0 Å². The summed E-state index contributed by atoms with van der Waals surface area (Å²) in [5, 5.41) is 2.76. The zero-order valence-electron chi connectivity index (χ0n) is 12.2. The molecule has 0 spiro atoms. The summed E-state index contributed by atoms with van der Waals surface area (Å²) in [6, 6.07) is 14.1. The van der Waals surface area contributed by atoms with E-state index < -0.39 is 0 Å². The first kappa shape index (κ1) is 15.6. The van der Waals surface area contributed by atoms with Crippen molar-refractivity contribution in [1.82, 2.24) is 5.32 Å². The fraction of sp³-hybridized carbons (Fsp3) is 0.176. The number of carbonyl (C=O) groups excluding carboxylic acids is 2. The highest BCUT2D eigenvalue weighted by atomic mass is 16.5. The van der Waals surface area contributed by atoms with Gasteiger partial charge < -0.3 is 14.8 Å². The third kappa shape index (κ3) is 4.63. The van der Waals surface area contributed by atoms with Crippen LogP contribution in [0, 0.1) is 0 Å². The second-order valence-electron chi connectivity index (χ2n) is 4.60. The summed E-state index contributed by atoms with van der Waals surface area (Å²) < 4.78 is 10.4. The molecular weight excluding hydrogens is 282 g/mol. The molecule has 2 aromatic carbocycles. The van der Waals surface area contributed by atoms with Gasteiger partial charge in [-0.1, -0.05) is 24.3 Å². The molecule has 0 aliphatic carbocycles. The first-order valence-electron chi connectivity index (χ1n) is 6.79. The van der Waals surface area contributed by atoms with Gasteiger partial charge in [0.1, 0.15) is 17.8 Å². The molecule has 5 heteroatoms. The predicted octanol–water partition coefficient (Wildman–Crippen LogP) is 2.20. The molecule has 0 fully saturated rings. The van der Waals surface area contributed by atoms with Crippen LogP contribution in [0.4, 0.5) is 0 Å². The quantitative estimate of drug-likeness (QED) is 0.796. The Morgan fingerprint density at radius 2 is 1.91 bits per heavy atom. The van der Waals surface area contributed by atoms with Crippen LogP contribution in [0.1, 0.15) is 15.9 Å². The Balaban J connectivity index is 1.78. The number of hydrogen-bond donors (Lipinski definition) is 1. The molecule has 2 rings (SSSR count). The summed E-state index contributed by atoms with van der Waals surface area (Å²) in [5.41, 5.74) is 1.48. The van der Waals surface area contributed by atoms with E-state index in [9.17, 15) is 9.59 Å².